The van der Waals surface area contributed by atoms with Crippen LogP contribution < -0.4 is 10.1 Å². The first kappa shape index (κ1) is 38.4. The summed E-state index contributed by atoms with van der Waals surface area (Å²) in [7, 11) is 3.39. The number of carbonyl (C=O) groups excluding carboxylic acids is 3. The van der Waals surface area contributed by atoms with Crippen LogP contribution in [-0.4, -0.2) is 137 Å². The summed E-state index contributed by atoms with van der Waals surface area (Å²) in [6.45, 7) is 7.78. The zero-order valence-electron chi connectivity index (χ0n) is 31.5. The molecule has 0 unspecified atom stereocenters. The van der Waals surface area contributed by atoms with Gasteiger partial charge in [-0.05, 0) is 72.5 Å². The summed E-state index contributed by atoms with van der Waals surface area (Å²) in [5.41, 5.74) is 2.91. The van der Waals surface area contributed by atoms with Gasteiger partial charge in [0.25, 0.3) is 5.91 Å². The summed E-state index contributed by atoms with van der Waals surface area (Å²) >= 11 is 0. The number of nitrogens with one attached hydrogen (secondary N) is 1. The predicted molar refractivity (Wildman–Crippen MR) is 203 cm³/mol. The number of piperidine rings is 1. The van der Waals surface area contributed by atoms with Crippen LogP contribution >= 0.6 is 0 Å². The topological polar surface area (TPSA) is 138 Å². The Labute approximate surface area is 317 Å². The second kappa shape index (κ2) is 18.1. The summed E-state index contributed by atoms with van der Waals surface area (Å²) in [6, 6.07) is 25.9. The van der Waals surface area contributed by atoms with Crippen molar-refractivity contribution in [3.63, 3.8) is 0 Å². The maximum absolute atomic E-state index is 13.9. The molecule has 3 aromatic carbocycles. The van der Waals surface area contributed by atoms with E-state index in [-0.39, 0.29) is 30.4 Å². The molecular weight excluding hydrogens is 686 g/mol. The number of urea groups is 1. The van der Waals surface area contributed by atoms with Gasteiger partial charge < -0.3 is 29.5 Å². The van der Waals surface area contributed by atoms with E-state index in [0.717, 1.165) is 44.5 Å². The van der Waals surface area contributed by atoms with Gasteiger partial charge in [-0.15, -0.1) is 5.10 Å². The third kappa shape index (κ3) is 9.41. The monoisotopic (exact) mass is 737 g/mol. The molecule has 14 heteroatoms. The van der Waals surface area contributed by atoms with Crippen molar-refractivity contribution < 1.29 is 23.9 Å². The maximum atomic E-state index is 13.9. The number of rotatable bonds is 14. The molecule has 0 saturated carbocycles. The Kier molecular flexibility index (Phi) is 12.9. The highest BCUT2D eigenvalue weighted by Crippen LogP contribution is 2.34. The number of amides is 3. The lowest BCUT2D eigenvalue weighted by Gasteiger charge is -2.44. The molecule has 2 aliphatic heterocycles. The number of piperazine rings is 1. The number of carbonyl (C=O) groups is 3. The Bertz CT molecular complexity index is 1810. The van der Waals surface area contributed by atoms with Crippen molar-refractivity contribution in [2.45, 2.75) is 37.6 Å². The van der Waals surface area contributed by atoms with E-state index < -0.39 is 5.54 Å². The molecule has 1 aromatic heterocycles. The number of esters is 1. The molecule has 3 amide bonds. The van der Waals surface area contributed by atoms with Crippen LogP contribution in [0.25, 0.3) is 5.69 Å². The first-order valence-electron chi connectivity index (χ1n) is 18.7. The van der Waals surface area contributed by atoms with Gasteiger partial charge >= 0.3 is 12.0 Å². The number of hydrogen-bond donors (Lipinski definition) is 1. The van der Waals surface area contributed by atoms with E-state index in [9.17, 15) is 14.4 Å². The number of aromatic nitrogens is 4. The summed E-state index contributed by atoms with van der Waals surface area (Å²) in [5.74, 6) is 0.199. The first-order chi connectivity index (χ1) is 26.3. The second-order valence-electron chi connectivity index (χ2n) is 14.0. The van der Waals surface area contributed by atoms with Crippen LogP contribution in [0.4, 0.5) is 4.79 Å². The molecule has 0 aliphatic carbocycles. The number of methoxy groups -OCH3 is 1. The van der Waals surface area contributed by atoms with Crippen LogP contribution in [0.15, 0.2) is 85.2 Å². The molecule has 2 saturated heterocycles. The van der Waals surface area contributed by atoms with E-state index in [0.29, 0.717) is 56.3 Å². The molecule has 0 radical (unpaired) electrons. The quantitative estimate of drug-likeness (QED) is 0.190. The zero-order chi connectivity index (χ0) is 37.9. The third-order valence-electron chi connectivity index (χ3n) is 10.6. The SMILES string of the molecule is CCOC(=O)CN1CCN(C(=O)NC2(c3ccccc3)CCN(CC[C@H](CN(C)C(=O)c3cc(-n4cnnn4)ccc3OC)c3ccccc3)CC2)CC1. The standard InChI is InChI=1S/C40H51N9O5/c1-4-54-37(50)29-47-23-25-48(26-24-47)39(52)42-40(33-13-9-6-10-14-33)18-21-46(22-19-40)20-17-32(31-11-7-5-8-12-31)28-45(2)38(51)35-27-34(15-16-36(35)53-3)49-30-41-43-44-49/h5-16,27,30,32H,4,17-26,28-29H2,1-3H3,(H,42,52)/t32-/m1/s1. The fraction of sp³-hybridized carbons (Fsp3) is 0.450. The van der Waals surface area contributed by atoms with E-state index in [1.54, 1.807) is 31.1 Å². The minimum atomic E-state index is -0.488. The predicted octanol–water partition coefficient (Wildman–Crippen LogP) is 3.80. The van der Waals surface area contributed by atoms with Crippen molar-refractivity contribution in [3.8, 4) is 11.4 Å². The Morgan fingerprint density at radius 2 is 1.61 bits per heavy atom. The number of tetrazole rings is 1. The first-order valence-corrected chi connectivity index (χ1v) is 18.7. The summed E-state index contributed by atoms with van der Waals surface area (Å²) in [6.07, 6.45) is 3.89. The van der Waals surface area contributed by atoms with E-state index in [4.69, 9.17) is 9.47 Å². The summed E-state index contributed by atoms with van der Waals surface area (Å²) in [4.78, 5) is 47.8. The zero-order valence-corrected chi connectivity index (χ0v) is 31.5. The van der Waals surface area contributed by atoms with Gasteiger partial charge in [-0.1, -0.05) is 60.7 Å². The van der Waals surface area contributed by atoms with Crippen LogP contribution in [0.1, 0.15) is 53.6 Å². The van der Waals surface area contributed by atoms with Crippen molar-refractivity contribution in [1.82, 2.24) is 45.1 Å². The van der Waals surface area contributed by atoms with Crippen LogP contribution in [-0.2, 0) is 15.1 Å². The molecule has 2 fully saturated rings. The van der Waals surface area contributed by atoms with Gasteiger partial charge in [0.2, 0.25) is 0 Å². The molecule has 14 nitrogen and oxygen atoms in total. The van der Waals surface area contributed by atoms with Crippen molar-refractivity contribution in [2.24, 2.45) is 0 Å². The van der Waals surface area contributed by atoms with Gasteiger partial charge in [0.05, 0.1) is 37.1 Å². The molecule has 0 bridgehead atoms. The average Bonchev–Trinajstić information content (AvgIpc) is 3.76. The molecule has 2 aliphatic rings. The second-order valence-corrected chi connectivity index (χ2v) is 14.0. The lowest BCUT2D eigenvalue weighted by atomic mass is 9.80. The number of benzene rings is 3. The number of ether oxygens (including phenoxy) is 2. The number of hydrogen-bond acceptors (Lipinski definition) is 10. The normalized spacial score (nSPS) is 16.7. The van der Waals surface area contributed by atoms with Crippen LogP contribution in [0.5, 0.6) is 5.75 Å². The fourth-order valence-electron chi connectivity index (χ4n) is 7.51. The maximum Gasteiger partial charge on any atom is 0.320 e. The van der Waals surface area contributed by atoms with Gasteiger partial charge in [-0.2, -0.15) is 0 Å². The van der Waals surface area contributed by atoms with Gasteiger partial charge in [0.15, 0.2) is 0 Å². The molecule has 1 N–H and O–H groups in total. The van der Waals surface area contributed by atoms with Crippen LogP contribution in [0.2, 0.25) is 0 Å². The lowest BCUT2D eigenvalue weighted by molar-refractivity contribution is -0.144. The number of nitrogens with zero attached hydrogens (tertiary/aromatic N) is 8. The molecular formula is C40H51N9O5. The highest BCUT2D eigenvalue weighted by molar-refractivity contribution is 5.97. The Morgan fingerprint density at radius 3 is 2.26 bits per heavy atom. The minimum Gasteiger partial charge on any atom is -0.496 e. The largest absolute Gasteiger partial charge is 0.496 e. The molecule has 286 valence electrons. The Hall–Kier alpha value is -5.34. The van der Waals surface area contributed by atoms with Gasteiger partial charge in [-0.3, -0.25) is 14.5 Å². The molecule has 4 aromatic rings. The molecule has 3 heterocycles. The number of likely N-dealkylation sites (N-methyl/N-ethyl adjacent to an activating group) is 1. The highest BCUT2D eigenvalue weighted by atomic mass is 16.5. The van der Waals surface area contributed by atoms with Gasteiger partial charge in [-0.25, -0.2) is 9.48 Å². The van der Waals surface area contributed by atoms with Crippen molar-refractivity contribution in [1.29, 1.82) is 0 Å². The number of likely N-dealkylation sites (tertiary alicyclic amines) is 1. The van der Waals surface area contributed by atoms with Crippen LogP contribution in [0, 0.1) is 0 Å². The minimum absolute atomic E-state index is 0.0694. The Morgan fingerprint density at radius 1 is 0.907 bits per heavy atom. The lowest BCUT2D eigenvalue weighted by Crippen LogP contribution is -2.59. The van der Waals surface area contributed by atoms with E-state index in [2.05, 4.69) is 50.0 Å². The Balaban J connectivity index is 1.09. The van der Waals surface area contributed by atoms with E-state index in [1.165, 1.54) is 16.6 Å². The van der Waals surface area contributed by atoms with E-state index in [1.807, 2.05) is 59.3 Å². The summed E-state index contributed by atoms with van der Waals surface area (Å²) < 4.78 is 12.2. The average molecular weight is 738 g/mol. The third-order valence-corrected chi connectivity index (χ3v) is 10.6. The van der Waals surface area contributed by atoms with Crippen LogP contribution in [0.3, 0.4) is 0 Å². The molecule has 6 rings (SSSR count). The van der Waals surface area contributed by atoms with Crippen molar-refractivity contribution in [2.75, 3.05) is 79.7 Å². The smallest absolute Gasteiger partial charge is 0.320 e. The van der Waals surface area contributed by atoms with Crippen molar-refractivity contribution in [3.05, 3.63) is 102 Å². The van der Waals surface area contributed by atoms with Crippen molar-refractivity contribution >= 4 is 17.9 Å². The highest BCUT2D eigenvalue weighted by Gasteiger charge is 2.39. The molecule has 1 atom stereocenters. The summed E-state index contributed by atoms with van der Waals surface area (Å²) in [5, 5.41) is 14.9. The fourth-order valence-corrected chi connectivity index (χ4v) is 7.51. The molecule has 0 spiro atoms. The van der Waals surface area contributed by atoms with Gasteiger partial charge in [0.1, 0.15) is 12.1 Å². The molecule has 54 heavy (non-hydrogen) atoms. The van der Waals surface area contributed by atoms with E-state index >= 15 is 0 Å². The van der Waals surface area contributed by atoms with Gasteiger partial charge in [0, 0.05) is 58.8 Å².